The molecule has 0 radical (unpaired) electrons. The molecule has 0 aliphatic rings. The van der Waals surface area contributed by atoms with Gasteiger partial charge in [0.1, 0.15) is 5.75 Å². The molecule has 0 saturated heterocycles. The molecule has 0 heterocycles. The Morgan fingerprint density at radius 1 is 1.29 bits per heavy atom. The van der Waals surface area contributed by atoms with Crippen molar-refractivity contribution in [2.24, 2.45) is 11.3 Å². The van der Waals surface area contributed by atoms with Gasteiger partial charge in [0.05, 0.1) is 0 Å². The molecule has 1 rings (SSSR count). The second-order valence-corrected chi connectivity index (χ2v) is 5.49. The van der Waals surface area contributed by atoms with E-state index in [-0.39, 0.29) is 23.5 Å². The molecule has 1 atom stereocenters. The maximum absolute atomic E-state index is 10.9. The number of benzene rings is 1. The number of hydrogen-bond acceptors (Lipinski definition) is 2. The van der Waals surface area contributed by atoms with Gasteiger partial charge in [-0.2, -0.15) is 0 Å². The van der Waals surface area contributed by atoms with E-state index >= 15 is 0 Å². The van der Waals surface area contributed by atoms with Crippen molar-refractivity contribution >= 4 is 5.97 Å². The summed E-state index contributed by atoms with van der Waals surface area (Å²) in [6.07, 6.45) is 0.709. The van der Waals surface area contributed by atoms with Gasteiger partial charge in [-0.1, -0.05) is 39.0 Å². The standard InChI is InChI=1S/C14H20O3/c1-14(2,3)11(9-13(16)17)8-10-6-4-5-7-12(10)15/h4-7,11,15H,8-9H2,1-3H3,(H,16,17). The third kappa shape index (κ3) is 4.10. The highest BCUT2D eigenvalue weighted by Gasteiger charge is 2.27. The highest BCUT2D eigenvalue weighted by Crippen LogP contribution is 2.33. The van der Waals surface area contributed by atoms with E-state index < -0.39 is 5.97 Å². The molecule has 1 unspecified atom stereocenters. The number of aromatic hydroxyl groups is 1. The van der Waals surface area contributed by atoms with Crippen LogP contribution in [-0.4, -0.2) is 16.2 Å². The number of carbonyl (C=O) groups is 1. The van der Waals surface area contributed by atoms with E-state index in [0.717, 1.165) is 5.56 Å². The van der Waals surface area contributed by atoms with Crippen molar-refractivity contribution < 1.29 is 15.0 Å². The average Bonchev–Trinajstić information content (AvgIpc) is 2.18. The van der Waals surface area contributed by atoms with Crippen molar-refractivity contribution in [3.63, 3.8) is 0 Å². The van der Waals surface area contributed by atoms with Crippen LogP contribution in [0.2, 0.25) is 0 Å². The first kappa shape index (κ1) is 13.6. The van der Waals surface area contributed by atoms with Gasteiger partial charge in [0.25, 0.3) is 0 Å². The second-order valence-electron chi connectivity index (χ2n) is 5.49. The highest BCUT2D eigenvalue weighted by molar-refractivity contribution is 5.67. The normalized spacial score (nSPS) is 13.4. The first-order chi connectivity index (χ1) is 7.80. The fraction of sp³-hybridized carbons (Fsp3) is 0.500. The Bertz CT molecular complexity index is 391. The summed E-state index contributed by atoms with van der Waals surface area (Å²) in [6.45, 7) is 6.09. The van der Waals surface area contributed by atoms with Crippen LogP contribution in [0.1, 0.15) is 32.8 Å². The van der Waals surface area contributed by atoms with Gasteiger partial charge in [-0.3, -0.25) is 4.79 Å². The highest BCUT2D eigenvalue weighted by atomic mass is 16.4. The van der Waals surface area contributed by atoms with Crippen LogP contribution in [-0.2, 0) is 11.2 Å². The Morgan fingerprint density at radius 3 is 2.35 bits per heavy atom. The van der Waals surface area contributed by atoms with Crippen molar-refractivity contribution in [2.45, 2.75) is 33.6 Å². The molecule has 0 aliphatic heterocycles. The lowest BCUT2D eigenvalue weighted by Crippen LogP contribution is -2.25. The molecule has 94 valence electrons. The van der Waals surface area contributed by atoms with Gasteiger partial charge in [-0.15, -0.1) is 0 Å². The summed E-state index contributed by atoms with van der Waals surface area (Å²) < 4.78 is 0. The zero-order chi connectivity index (χ0) is 13.1. The average molecular weight is 236 g/mol. The van der Waals surface area contributed by atoms with Gasteiger partial charge in [-0.05, 0) is 29.4 Å². The van der Waals surface area contributed by atoms with Crippen LogP contribution in [0.4, 0.5) is 0 Å². The summed E-state index contributed by atoms with van der Waals surface area (Å²) in [5.41, 5.74) is 0.717. The molecule has 0 spiro atoms. The van der Waals surface area contributed by atoms with Crippen LogP contribution in [0.15, 0.2) is 24.3 Å². The third-order valence-electron chi connectivity index (χ3n) is 3.10. The van der Waals surface area contributed by atoms with Crippen LogP contribution in [0.3, 0.4) is 0 Å². The lowest BCUT2D eigenvalue weighted by atomic mass is 9.75. The lowest BCUT2D eigenvalue weighted by molar-refractivity contribution is -0.139. The zero-order valence-electron chi connectivity index (χ0n) is 10.6. The minimum atomic E-state index is -0.791. The number of rotatable bonds is 4. The molecule has 1 aromatic carbocycles. The van der Waals surface area contributed by atoms with Gasteiger partial charge in [0.2, 0.25) is 0 Å². The van der Waals surface area contributed by atoms with Crippen molar-refractivity contribution in [3.05, 3.63) is 29.8 Å². The molecule has 0 fully saturated rings. The maximum Gasteiger partial charge on any atom is 0.303 e. The molecule has 0 bridgehead atoms. The molecule has 0 saturated carbocycles. The Balaban J connectivity index is 2.87. The van der Waals surface area contributed by atoms with E-state index in [1.54, 1.807) is 12.1 Å². The van der Waals surface area contributed by atoms with Crippen molar-refractivity contribution in [3.8, 4) is 5.75 Å². The van der Waals surface area contributed by atoms with Gasteiger partial charge in [0, 0.05) is 6.42 Å². The Labute approximate surface area is 102 Å². The van der Waals surface area contributed by atoms with Crippen LogP contribution in [0.5, 0.6) is 5.75 Å². The first-order valence-corrected chi connectivity index (χ1v) is 5.79. The molecule has 1 aromatic rings. The summed E-state index contributed by atoms with van der Waals surface area (Å²) in [4.78, 5) is 10.9. The molecule has 3 heteroatoms. The van der Waals surface area contributed by atoms with Crippen LogP contribution in [0.25, 0.3) is 0 Å². The fourth-order valence-corrected chi connectivity index (χ4v) is 1.84. The topological polar surface area (TPSA) is 57.5 Å². The van der Waals surface area contributed by atoms with Gasteiger partial charge in [-0.25, -0.2) is 0 Å². The van der Waals surface area contributed by atoms with Gasteiger partial charge < -0.3 is 10.2 Å². The largest absolute Gasteiger partial charge is 0.508 e. The first-order valence-electron chi connectivity index (χ1n) is 5.79. The number of phenols is 1. The second kappa shape index (κ2) is 5.21. The number of carboxylic acid groups (broad SMARTS) is 1. The Hall–Kier alpha value is -1.51. The number of para-hydroxylation sites is 1. The molecule has 0 aromatic heterocycles. The van der Waals surface area contributed by atoms with Crippen LogP contribution >= 0.6 is 0 Å². The predicted molar refractivity (Wildman–Crippen MR) is 67.0 cm³/mol. The summed E-state index contributed by atoms with van der Waals surface area (Å²) >= 11 is 0. The molecule has 0 amide bonds. The molecule has 3 nitrogen and oxygen atoms in total. The van der Waals surface area contributed by atoms with Gasteiger partial charge >= 0.3 is 5.97 Å². The van der Waals surface area contributed by atoms with Crippen molar-refractivity contribution in [2.75, 3.05) is 0 Å². The zero-order valence-corrected chi connectivity index (χ0v) is 10.6. The smallest absolute Gasteiger partial charge is 0.303 e. The number of carboxylic acids is 1. The molecular formula is C14H20O3. The molecular weight excluding hydrogens is 216 g/mol. The monoisotopic (exact) mass is 236 g/mol. The predicted octanol–water partition coefficient (Wildman–Crippen LogP) is 3.07. The lowest BCUT2D eigenvalue weighted by Gasteiger charge is -2.29. The number of aliphatic carboxylic acids is 1. The van der Waals surface area contributed by atoms with Crippen LogP contribution in [0, 0.1) is 11.3 Å². The quantitative estimate of drug-likeness (QED) is 0.844. The number of hydrogen-bond donors (Lipinski definition) is 2. The summed E-state index contributed by atoms with van der Waals surface area (Å²) in [7, 11) is 0. The molecule has 17 heavy (non-hydrogen) atoms. The van der Waals surface area contributed by atoms with E-state index in [0.29, 0.717) is 6.42 Å². The molecule has 0 aliphatic carbocycles. The fourth-order valence-electron chi connectivity index (χ4n) is 1.84. The van der Waals surface area contributed by atoms with Crippen LogP contribution < -0.4 is 0 Å². The Morgan fingerprint density at radius 2 is 1.88 bits per heavy atom. The molecule has 2 N–H and O–H groups in total. The minimum Gasteiger partial charge on any atom is -0.508 e. The van der Waals surface area contributed by atoms with E-state index in [2.05, 4.69) is 0 Å². The van der Waals surface area contributed by atoms with Crippen molar-refractivity contribution in [1.29, 1.82) is 0 Å². The maximum atomic E-state index is 10.9. The SMILES string of the molecule is CC(C)(C)C(CC(=O)O)Cc1ccccc1O. The van der Waals surface area contributed by atoms with E-state index in [9.17, 15) is 9.90 Å². The number of phenolic OH excluding ortho intramolecular Hbond substituents is 1. The van der Waals surface area contributed by atoms with Gasteiger partial charge in [0.15, 0.2) is 0 Å². The summed E-state index contributed by atoms with van der Waals surface area (Å²) in [5.74, 6) is -0.541. The third-order valence-corrected chi connectivity index (χ3v) is 3.10. The van der Waals surface area contributed by atoms with E-state index in [1.165, 1.54) is 0 Å². The Kier molecular flexibility index (Phi) is 4.16. The summed E-state index contributed by atoms with van der Waals surface area (Å²) in [6, 6.07) is 7.10. The van der Waals surface area contributed by atoms with Crippen molar-refractivity contribution in [1.82, 2.24) is 0 Å². The minimum absolute atomic E-state index is 0.00769. The van der Waals surface area contributed by atoms with E-state index in [4.69, 9.17) is 5.11 Å². The van der Waals surface area contributed by atoms with E-state index in [1.807, 2.05) is 32.9 Å². The summed E-state index contributed by atoms with van der Waals surface area (Å²) in [5, 5.41) is 18.6.